The van der Waals surface area contributed by atoms with Crippen LogP contribution in [0.25, 0.3) is 11.0 Å². The molecule has 0 saturated carbocycles. The molecule has 0 spiro atoms. The molecule has 2 N–H and O–H groups in total. The molecule has 0 aliphatic carbocycles. The van der Waals surface area contributed by atoms with Crippen LogP contribution in [0, 0.1) is 0 Å². The third kappa shape index (κ3) is 2.95. The van der Waals surface area contributed by atoms with Gasteiger partial charge in [0, 0.05) is 11.5 Å². The number of hydrogen-bond acceptors (Lipinski definition) is 7. The summed E-state index contributed by atoms with van der Waals surface area (Å²) in [6.07, 6.45) is 0.0471. The molecule has 0 aliphatic rings. The van der Waals surface area contributed by atoms with Crippen molar-refractivity contribution in [3.05, 3.63) is 47.5 Å². The second-order valence-corrected chi connectivity index (χ2v) is 5.58. The number of nitrogens with zero attached hydrogens (tertiary/aromatic N) is 2. The minimum atomic E-state index is -0.448. The summed E-state index contributed by atoms with van der Waals surface area (Å²) in [5.41, 5.74) is 2.53. The first-order chi connectivity index (χ1) is 11.1. The number of fused-ring (bicyclic) bond motifs is 1. The van der Waals surface area contributed by atoms with Crippen molar-refractivity contribution in [3.8, 4) is 11.5 Å². The topological polar surface area (TPSA) is 92.5 Å². The minimum absolute atomic E-state index is 0.0471. The van der Waals surface area contributed by atoms with Crippen LogP contribution in [0.5, 0.6) is 11.5 Å². The highest BCUT2D eigenvalue weighted by Crippen LogP contribution is 2.38. The van der Waals surface area contributed by atoms with E-state index in [0.717, 1.165) is 17.3 Å². The van der Waals surface area contributed by atoms with Crippen LogP contribution in [0.4, 0.5) is 0 Å². The second kappa shape index (κ2) is 6.21. The van der Waals surface area contributed by atoms with Crippen molar-refractivity contribution < 1.29 is 19.7 Å². The number of phenolic OH excluding ortho intramolecular Hbond substituents is 2. The molecule has 0 aliphatic heterocycles. The van der Waals surface area contributed by atoms with Gasteiger partial charge in [0.25, 0.3) is 0 Å². The Bertz CT molecular complexity index is 845. The molecular formula is C16H14N2O4S. The van der Waals surface area contributed by atoms with Crippen LogP contribution in [0.1, 0.15) is 23.5 Å². The van der Waals surface area contributed by atoms with E-state index in [1.54, 1.807) is 24.3 Å². The highest BCUT2D eigenvalue weighted by Gasteiger charge is 2.25. The Hall–Kier alpha value is -2.67. The van der Waals surface area contributed by atoms with Crippen molar-refractivity contribution in [1.82, 2.24) is 8.75 Å². The Morgan fingerprint density at radius 2 is 1.91 bits per heavy atom. The number of rotatable bonds is 4. The van der Waals surface area contributed by atoms with Crippen LogP contribution in [0.15, 0.2) is 36.4 Å². The van der Waals surface area contributed by atoms with Gasteiger partial charge in [-0.1, -0.05) is 12.1 Å². The zero-order valence-electron chi connectivity index (χ0n) is 12.3. The van der Waals surface area contributed by atoms with Gasteiger partial charge in [-0.25, -0.2) is 0 Å². The van der Waals surface area contributed by atoms with Crippen LogP contribution in [0.3, 0.4) is 0 Å². The predicted octanol–water partition coefficient (Wildman–Crippen LogP) is 2.80. The number of phenols is 2. The number of benzene rings is 2. The first kappa shape index (κ1) is 15.2. The van der Waals surface area contributed by atoms with Gasteiger partial charge in [-0.3, -0.25) is 4.79 Å². The van der Waals surface area contributed by atoms with Crippen molar-refractivity contribution in [2.24, 2.45) is 0 Å². The molecule has 3 aromatic rings. The van der Waals surface area contributed by atoms with E-state index in [9.17, 15) is 15.0 Å². The van der Waals surface area contributed by atoms with Gasteiger partial charge in [0.2, 0.25) is 0 Å². The van der Waals surface area contributed by atoms with Crippen molar-refractivity contribution in [2.45, 2.75) is 12.3 Å². The summed E-state index contributed by atoms with van der Waals surface area (Å²) in [4.78, 5) is 11.8. The molecule has 118 valence electrons. The molecule has 1 heterocycles. The zero-order valence-corrected chi connectivity index (χ0v) is 13.1. The lowest BCUT2D eigenvalue weighted by Crippen LogP contribution is -2.11. The number of ether oxygens (including phenoxy) is 1. The third-order valence-corrected chi connectivity index (χ3v) is 4.23. The van der Waals surface area contributed by atoms with E-state index in [1.165, 1.54) is 19.2 Å². The van der Waals surface area contributed by atoms with Gasteiger partial charge in [0.05, 0.1) is 25.3 Å². The van der Waals surface area contributed by atoms with Gasteiger partial charge in [0.1, 0.15) is 22.5 Å². The van der Waals surface area contributed by atoms with Gasteiger partial charge >= 0.3 is 5.97 Å². The minimum Gasteiger partial charge on any atom is -0.508 e. The number of carbonyl (C=O) groups is 1. The SMILES string of the molecule is COC(=O)C[C@H](c1ccc(O)cc1)c1c(O)ccc2nsnc12. The van der Waals surface area contributed by atoms with E-state index in [0.29, 0.717) is 16.6 Å². The second-order valence-electron chi connectivity index (χ2n) is 5.05. The molecule has 6 nitrogen and oxygen atoms in total. The van der Waals surface area contributed by atoms with Crippen LogP contribution in [0.2, 0.25) is 0 Å². The molecular weight excluding hydrogens is 316 g/mol. The number of carbonyl (C=O) groups excluding carboxylic acids is 1. The van der Waals surface area contributed by atoms with Gasteiger partial charge < -0.3 is 14.9 Å². The fourth-order valence-corrected chi connectivity index (χ4v) is 3.10. The van der Waals surface area contributed by atoms with E-state index < -0.39 is 11.9 Å². The summed E-state index contributed by atoms with van der Waals surface area (Å²) < 4.78 is 13.2. The van der Waals surface area contributed by atoms with Crippen molar-refractivity contribution >= 4 is 28.7 Å². The highest BCUT2D eigenvalue weighted by atomic mass is 32.1. The maximum Gasteiger partial charge on any atom is 0.306 e. The maximum absolute atomic E-state index is 11.8. The van der Waals surface area contributed by atoms with E-state index in [2.05, 4.69) is 8.75 Å². The highest BCUT2D eigenvalue weighted by molar-refractivity contribution is 7.00. The molecule has 1 atom stereocenters. The number of aromatic hydroxyl groups is 2. The van der Waals surface area contributed by atoms with Crippen molar-refractivity contribution in [1.29, 1.82) is 0 Å². The summed E-state index contributed by atoms with van der Waals surface area (Å²) in [6, 6.07) is 9.72. The summed E-state index contributed by atoms with van der Waals surface area (Å²) in [6.45, 7) is 0. The van der Waals surface area contributed by atoms with Crippen LogP contribution < -0.4 is 0 Å². The zero-order chi connectivity index (χ0) is 16.4. The molecule has 7 heteroatoms. The standard InChI is InChI=1S/C16H14N2O4S/c1-22-14(21)8-11(9-2-4-10(19)5-3-9)15-13(20)7-6-12-16(15)18-23-17-12/h2-7,11,19-20H,8H2,1H3/t11-/m1/s1. The molecule has 0 radical (unpaired) electrons. The summed E-state index contributed by atoms with van der Waals surface area (Å²) in [5, 5.41) is 19.8. The fraction of sp³-hybridized carbons (Fsp3) is 0.188. The molecule has 23 heavy (non-hydrogen) atoms. The van der Waals surface area contributed by atoms with Gasteiger partial charge in [-0.05, 0) is 29.8 Å². The van der Waals surface area contributed by atoms with E-state index in [-0.39, 0.29) is 17.9 Å². The Morgan fingerprint density at radius 3 is 2.61 bits per heavy atom. The molecule has 0 bridgehead atoms. The Kier molecular flexibility index (Phi) is 4.12. The first-order valence-electron chi connectivity index (χ1n) is 6.90. The monoisotopic (exact) mass is 330 g/mol. The maximum atomic E-state index is 11.8. The first-order valence-corrected chi connectivity index (χ1v) is 7.63. The average molecular weight is 330 g/mol. The van der Waals surface area contributed by atoms with Crippen molar-refractivity contribution in [3.63, 3.8) is 0 Å². The molecule has 1 aromatic heterocycles. The number of aromatic nitrogens is 2. The largest absolute Gasteiger partial charge is 0.508 e. The average Bonchev–Trinajstić information content (AvgIpc) is 3.02. The predicted molar refractivity (Wildman–Crippen MR) is 85.7 cm³/mol. The van der Waals surface area contributed by atoms with Crippen LogP contribution in [-0.2, 0) is 9.53 Å². The van der Waals surface area contributed by atoms with E-state index in [1.807, 2.05) is 0 Å². The van der Waals surface area contributed by atoms with Crippen LogP contribution in [-0.4, -0.2) is 32.0 Å². The molecule has 0 saturated heterocycles. The normalized spacial score (nSPS) is 12.2. The lowest BCUT2D eigenvalue weighted by atomic mass is 9.87. The lowest BCUT2D eigenvalue weighted by Gasteiger charge is -2.18. The summed E-state index contributed by atoms with van der Waals surface area (Å²) in [7, 11) is 1.32. The number of hydrogen-bond donors (Lipinski definition) is 2. The quantitative estimate of drug-likeness (QED) is 0.715. The summed E-state index contributed by atoms with van der Waals surface area (Å²) in [5.74, 6) is -0.672. The van der Waals surface area contributed by atoms with Crippen LogP contribution >= 0.6 is 11.7 Å². The van der Waals surface area contributed by atoms with E-state index >= 15 is 0 Å². The molecule has 0 amide bonds. The Balaban J connectivity index is 2.17. The summed E-state index contributed by atoms with van der Waals surface area (Å²) >= 11 is 1.05. The lowest BCUT2D eigenvalue weighted by molar-refractivity contribution is -0.140. The molecule has 0 fully saturated rings. The van der Waals surface area contributed by atoms with E-state index in [4.69, 9.17) is 4.74 Å². The fourth-order valence-electron chi connectivity index (χ4n) is 2.55. The third-order valence-electron chi connectivity index (χ3n) is 3.69. The van der Waals surface area contributed by atoms with Gasteiger partial charge in [-0.15, -0.1) is 0 Å². The Morgan fingerprint density at radius 1 is 1.17 bits per heavy atom. The molecule has 3 rings (SSSR count). The Labute approximate surface area is 136 Å². The smallest absolute Gasteiger partial charge is 0.306 e. The molecule has 0 unspecified atom stereocenters. The van der Waals surface area contributed by atoms with Gasteiger partial charge in [0.15, 0.2) is 0 Å². The number of methoxy groups -OCH3 is 1. The molecule has 2 aromatic carbocycles. The number of esters is 1. The van der Waals surface area contributed by atoms with Gasteiger partial charge in [-0.2, -0.15) is 8.75 Å². The van der Waals surface area contributed by atoms with Crippen molar-refractivity contribution in [2.75, 3.05) is 7.11 Å².